The molecule has 4 rings (SSSR count). The number of thiophene rings is 1. The summed E-state index contributed by atoms with van der Waals surface area (Å²) in [5.74, 6) is 0.158. The van der Waals surface area contributed by atoms with E-state index in [9.17, 15) is 18.0 Å². The highest BCUT2D eigenvalue weighted by atomic mass is 32.2. The fourth-order valence-corrected chi connectivity index (χ4v) is 6.68. The van der Waals surface area contributed by atoms with Gasteiger partial charge in [0.05, 0.1) is 24.1 Å². The van der Waals surface area contributed by atoms with E-state index in [-0.39, 0.29) is 6.61 Å². The van der Waals surface area contributed by atoms with Crippen molar-refractivity contribution in [2.45, 2.75) is 39.2 Å². The zero-order chi connectivity index (χ0) is 25.9. The number of hydrogen-bond acceptors (Lipinski definition) is 7. The second-order valence-electron chi connectivity index (χ2n) is 8.41. The number of anilines is 2. The van der Waals surface area contributed by atoms with Crippen molar-refractivity contribution in [1.29, 1.82) is 0 Å². The summed E-state index contributed by atoms with van der Waals surface area (Å²) < 4.78 is 37.5. The first kappa shape index (κ1) is 25.7. The Morgan fingerprint density at radius 3 is 2.36 bits per heavy atom. The van der Waals surface area contributed by atoms with Gasteiger partial charge in [-0.2, -0.15) is 0 Å². The number of carbonyl (C=O) groups is 2. The molecule has 3 aromatic rings. The smallest absolute Gasteiger partial charge is 0.341 e. The number of sulfonamides is 1. The van der Waals surface area contributed by atoms with E-state index < -0.39 is 27.9 Å². The van der Waals surface area contributed by atoms with Crippen molar-refractivity contribution in [1.82, 2.24) is 0 Å². The van der Waals surface area contributed by atoms with Gasteiger partial charge in [-0.25, -0.2) is 13.2 Å². The molecular formula is C26H28N2O6S2. The van der Waals surface area contributed by atoms with Crippen molar-refractivity contribution in [2.24, 2.45) is 0 Å². The predicted molar refractivity (Wildman–Crippen MR) is 141 cm³/mol. The van der Waals surface area contributed by atoms with Crippen molar-refractivity contribution in [3.8, 4) is 11.5 Å². The molecule has 8 nitrogen and oxygen atoms in total. The summed E-state index contributed by atoms with van der Waals surface area (Å²) in [6.07, 6.45) is 3.59. The van der Waals surface area contributed by atoms with Crippen LogP contribution in [0.1, 0.15) is 41.1 Å². The van der Waals surface area contributed by atoms with Gasteiger partial charge in [-0.3, -0.25) is 9.10 Å². The van der Waals surface area contributed by atoms with E-state index in [4.69, 9.17) is 9.47 Å². The van der Waals surface area contributed by atoms with Crippen LogP contribution in [0.3, 0.4) is 0 Å². The predicted octanol–water partition coefficient (Wildman–Crippen LogP) is 5.00. The van der Waals surface area contributed by atoms with E-state index in [1.807, 2.05) is 30.3 Å². The molecule has 1 atom stereocenters. The molecule has 190 valence electrons. The first-order valence-electron chi connectivity index (χ1n) is 11.6. The number of fused-ring (bicyclic) bond motifs is 1. The molecule has 0 spiro atoms. The minimum absolute atomic E-state index is 0.221. The monoisotopic (exact) mass is 528 g/mol. The number of para-hydroxylation sites is 1. The number of nitrogens with zero attached hydrogens (tertiary/aromatic N) is 1. The lowest BCUT2D eigenvalue weighted by atomic mass is 10.1. The minimum Gasteiger partial charge on any atom is -0.462 e. The summed E-state index contributed by atoms with van der Waals surface area (Å²) in [6, 6.07) is 14.6. The van der Waals surface area contributed by atoms with Crippen LogP contribution in [0, 0.1) is 0 Å². The lowest BCUT2D eigenvalue weighted by Gasteiger charge is -2.28. The number of rotatable bonds is 9. The van der Waals surface area contributed by atoms with Crippen LogP contribution < -0.4 is 14.4 Å². The largest absolute Gasteiger partial charge is 0.462 e. The maximum Gasteiger partial charge on any atom is 0.341 e. The molecule has 0 bridgehead atoms. The Morgan fingerprint density at radius 2 is 1.72 bits per heavy atom. The van der Waals surface area contributed by atoms with Gasteiger partial charge < -0.3 is 14.8 Å². The van der Waals surface area contributed by atoms with E-state index >= 15 is 0 Å². The average Bonchev–Trinajstić information content (AvgIpc) is 3.41. The summed E-state index contributed by atoms with van der Waals surface area (Å²) in [6.45, 7) is 3.46. The Bertz CT molecular complexity index is 1350. The molecule has 36 heavy (non-hydrogen) atoms. The third-order valence-electron chi connectivity index (χ3n) is 5.80. The quantitative estimate of drug-likeness (QED) is 0.392. The minimum atomic E-state index is -3.81. The highest BCUT2D eigenvalue weighted by Crippen LogP contribution is 2.40. The SMILES string of the molecule is CCOC(=O)c1c(NC(=O)[C@H](C)N(c2ccc(Oc3ccccc3)cc2)S(C)(=O)=O)sc2c1CCC2. The van der Waals surface area contributed by atoms with Crippen LogP contribution in [0.5, 0.6) is 11.5 Å². The van der Waals surface area contributed by atoms with Gasteiger partial charge in [-0.1, -0.05) is 18.2 Å². The molecule has 0 fully saturated rings. The van der Waals surface area contributed by atoms with Gasteiger partial charge >= 0.3 is 5.97 Å². The van der Waals surface area contributed by atoms with Crippen molar-refractivity contribution in [3.05, 3.63) is 70.6 Å². The van der Waals surface area contributed by atoms with Crippen molar-refractivity contribution >= 4 is 43.9 Å². The van der Waals surface area contributed by atoms with E-state index in [0.29, 0.717) is 27.8 Å². The Balaban J connectivity index is 1.56. The summed E-state index contributed by atoms with van der Waals surface area (Å²) in [5, 5.41) is 3.19. The first-order valence-corrected chi connectivity index (χ1v) is 14.3. The Kier molecular flexibility index (Phi) is 7.65. The van der Waals surface area contributed by atoms with Gasteiger partial charge in [0.15, 0.2) is 0 Å². The molecule has 1 aromatic heterocycles. The summed E-state index contributed by atoms with van der Waals surface area (Å²) in [7, 11) is -3.81. The Labute approximate surface area is 214 Å². The average molecular weight is 529 g/mol. The molecule has 0 radical (unpaired) electrons. The number of hydrogen-bond donors (Lipinski definition) is 1. The van der Waals surface area contributed by atoms with Crippen LogP contribution in [0.15, 0.2) is 54.6 Å². The molecule has 0 saturated carbocycles. The number of ether oxygens (including phenoxy) is 2. The van der Waals surface area contributed by atoms with Crippen LogP contribution >= 0.6 is 11.3 Å². The molecule has 0 aliphatic heterocycles. The summed E-state index contributed by atoms with van der Waals surface area (Å²) in [5.41, 5.74) is 1.61. The van der Waals surface area contributed by atoms with Crippen LogP contribution in [-0.2, 0) is 32.4 Å². The van der Waals surface area contributed by atoms with Gasteiger partial charge in [-0.05, 0) is 75.1 Å². The Morgan fingerprint density at radius 1 is 1.06 bits per heavy atom. The van der Waals surface area contributed by atoms with Crippen molar-refractivity contribution in [2.75, 3.05) is 22.5 Å². The number of esters is 1. The highest BCUT2D eigenvalue weighted by Gasteiger charge is 2.33. The van der Waals surface area contributed by atoms with Crippen LogP contribution in [0.4, 0.5) is 10.7 Å². The fourth-order valence-electron chi connectivity index (χ4n) is 4.22. The highest BCUT2D eigenvalue weighted by molar-refractivity contribution is 7.92. The van der Waals surface area contributed by atoms with E-state index in [1.54, 1.807) is 31.2 Å². The lowest BCUT2D eigenvalue weighted by Crippen LogP contribution is -2.45. The Hall–Kier alpha value is -3.37. The van der Waals surface area contributed by atoms with Crippen LogP contribution in [-0.4, -0.2) is 39.2 Å². The van der Waals surface area contributed by atoms with Crippen LogP contribution in [0.25, 0.3) is 0 Å². The normalized spacial score (nSPS) is 13.5. The number of amides is 1. The molecule has 0 unspecified atom stereocenters. The van der Waals surface area contributed by atoms with Gasteiger partial charge in [0.25, 0.3) is 0 Å². The number of benzene rings is 2. The molecule has 0 saturated heterocycles. The van der Waals surface area contributed by atoms with Crippen LogP contribution in [0.2, 0.25) is 0 Å². The van der Waals surface area contributed by atoms with E-state index in [0.717, 1.165) is 40.3 Å². The second kappa shape index (κ2) is 10.7. The van der Waals surface area contributed by atoms with E-state index in [2.05, 4.69) is 5.32 Å². The topological polar surface area (TPSA) is 102 Å². The third kappa shape index (κ3) is 5.55. The molecule has 1 amide bonds. The summed E-state index contributed by atoms with van der Waals surface area (Å²) in [4.78, 5) is 26.9. The first-order chi connectivity index (χ1) is 17.2. The maximum absolute atomic E-state index is 13.3. The van der Waals surface area contributed by atoms with Gasteiger partial charge in [0, 0.05) is 4.88 Å². The number of nitrogens with one attached hydrogen (secondary N) is 1. The zero-order valence-corrected chi connectivity index (χ0v) is 21.9. The maximum atomic E-state index is 13.3. The molecule has 1 aliphatic carbocycles. The molecule has 2 aromatic carbocycles. The van der Waals surface area contributed by atoms with Gasteiger partial charge in [-0.15, -0.1) is 11.3 Å². The molecule has 1 N–H and O–H groups in total. The zero-order valence-electron chi connectivity index (χ0n) is 20.3. The molecular weight excluding hydrogens is 500 g/mol. The van der Waals surface area contributed by atoms with E-state index in [1.165, 1.54) is 18.3 Å². The van der Waals surface area contributed by atoms with Crippen molar-refractivity contribution < 1.29 is 27.5 Å². The standard InChI is InChI=1S/C26H28N2O6S2/c1-4-33-26(30)23-21-11-8-12-22(21)35-25(23)27-24(29)17(2)28(36(3,31)32)18-13-15-20(16-14-18)34-19-9-6-5-7-10-19/h5-7,9-10,13-17H,4,8,11-12H2,1-3H3,(H,27,29)/t17-/m0/s1. The molecule has 1 heterocycles. The molecule has 10 heteroatoms. The molecule has 1 aliphatic rings. The fraction of sp³-hybridized carbons (Fsp3) is 0.308. The lowest BCUT2D eigenvalue weighted by molar-refractivity contribution is -0.116. The second-order valence-corrected chi connectivity index (χ2v) is 11.4. The van der Waals surface area contributed by atoms with Crippen molar-refractivity contribution in [3.63, 3.8) is 0 Å². The van der Waals surface area contributed by atoms with Gasteiger partial charge in [0.2, 0.25) is 15.9 Å². The number of aryl methyl sites for hydroxylation is 1. The summed E-state index contributed by atoms with van der Waals surface area (Å²) >= 11 is 1.35. The third-order valence-corrected chi connectivity index (χ3v) is 8.25. The number of carbonyl (C=O) groups excluding carboxylic acids is 2. The van der Waals surface area contributed by atoms with Gasteiger partial charge in [0.1, 0.15) is 22.5 Å².